The number of unbranched alkanes of at least 4 members (excludes halogenated alkanes) is 1. The first kappa shape index (κ1) is 15.8. The van der Waals surface area contributed by atoms with E-state index in [1.165, 1.54) is 7.11 Å². The Morgan fingerprint density at radius 3 is 2.50 bits per heavy atom. The average Bonchev–Trinajstić information content (AvgIpc) is 2.46. The van der Waals surface area contributed by atoms with Crippen molar-refractivity contribution >= 4 is 17.7 Å². The molecule has 1 aromatic rings. The zero-order valence-electron chi connectivity index (χ0n) is 11.8. The van der Waals surface area contributed by atoms with Crippen LogP contribution in [0.2, 0.25) is 0 Å². The van der Waals surface area contributed by atoms with Gasteiger partial charge in [-0.3, -0.25) is 10.1 Å². The quantitative estimate of drug-likeness (QED) is 0.750. The molecule has 0 aliphatic carbocycles. The lowest BCUT2D eigenvalue weighted by Crippen LogP contribution is -2.29. The van der Waals surface area contributed by atoms with Gasteiger partial charge in [-0.05, 0) is 30.7 Å². The minimum atomic E-state index is -0.533. The van der Waals surface area contributed by atoms with Crippen LogP contribution in [0, 0.1) is 0 Å². The van der Waals surface area contributed by atoms with Crippen LogP contribution in [0.4, 0.5) is 10.5 Å². The third kappa shape index (κ3) is 6.08. The van der Waals surface area contributed by atoms with E-state index in [1.54, 1.807) is 24.3 Å². The molecular formula is C14H20N2O4. The number of benzene rings is 1. The van der Waals surface area contributed by atoms with E-state index in [9.17, 15) is 9.59 Å². The number of carbonyl (C=O) groups excluding carboxylic acids is 2. The summed E-state index contributed by atoms with van der Waals surface area (Å²) in [5.41, 5.74) is 0.594. The van der Waals surface area contributed by atoms with Crippen molar-refractivity contribution < 1.29 is 19.1 Å². The van der Waals surface area contributed by atoms with Gasteiger partial charge in [0.2, 0.25) is 0 Å². The summed E-state index contributed by atoms with van der Waals surface area (Å²) in [5.74, 6) is 0.418. The normalized spacial score (nSPS) is 9.70. The first-order chi connectivity index (χ1) is 9.65. The first-order valence-corrected chi connectivity index (χ1v) is 6.50. The topological polar surface area (TPSA) is 76.7 Å². The van der Waals surface area contributed by atoms with Gasteiger partial charge >= 0.3 is 6.09 Å². The number of nitrogens with one attached hydrogen (secondary N) is 2. The van der Waals surface area contributed by atoms with Gasteiger partial charge in [0.05, 0.1) is 7.11 Å². The molecule has 0 saturated carbocycles. The van der Waals surface area contributed by atoms with E-state index in [-0.39, 0.29) is 12.5 Å². The summed E-state index contributed by atoms with van der Waals surface area (Å²) in [6, 6.07) is 6.68. The molecule has 0 bridgehead atoms. The van der Waals surface area contributed by atoms with Crippen LogP contribution in [-0.4, -0.2) is 32.3 Å². The fourth-order valence-electron chi connectivity index (χ4n) is 1.41. The first-order valence-electron chi connectivity index (χ1n) is 6.50. The Hall–Kier alpha value is -2.24. The van der Waals surface area contributed by atoms with Crippen molar-refractivity contribution in [1.82, 2.24) is 5.32 Å². The molecule has 0 aliphatic rings. The summed E-state index contributed by atoms with van der Waals surface area (Å²) in [4.78, 5) is 22.4. The third-order valence-electron chi connectivity index (χ3n) is 2.51. The van der Waals surface area contributed by atoms with E-state index in [4.69, 9.17) is 4.74 Å². The van der Waals surface area contributed by atoms with Gasteiger partial charge < -0.3 is 14.8 Å². The largest absolute Gasteiger partial charge is 0.484 e. The van der Waals surface area contributed by atoms with Crippen LogP contribution in [0.15, 0.2) is 24.3 Å². The Bertz CT molecular complexity index is 431. The zero-order chi connectivity index (χ0) is 14.8. The van der Waals surface area contributed by atoms with Gasteiger partial charge in [-0.25, -0.2) is 4.79 Å². The molecule has 0 saturated heterocycles. The molecule has 0 aliphatic heterocycles. The highest BCUT2D eigenvalue weighted by molar-refractivity contribution is 5.84. The number of carbonyl (C=O) groups is 2. The van der Waals surface area contributed by atoms with Gasteiger partial charge in [0.1, 0.15) is 5.75 Å². The van der Waals surface area contributed by atoms with Gasteiger partial charge in [0.25, 0.3) is 5.91 Å². The Labute approximate surface area is 118 Å². The molecule has 2 N–H and O–H groups in total. The van der Waals surface area contributed by atoms with E-state index in [0.717, 1.165) is 12.8 Å². The van der Waals surface area contributed by atoms with Gasteiger partial charge in [0.15, 0.2) is 6.61 Å². The lowest BCUT2D eigenvalue weighted by atomic mass is 10.3. The average molecular weight is 280 g/mol. The Morgan fingerprint density at radius 2 is 1.90 bits per heavy atom. The second-order valence-corrected chi connectivity index (χ2v) is 4.13. The molecule has 0 heterocycles. The molecule has 0 aromatic heterocycles. The van der Waals surface area contributed by atoms with Crippen LogP contribution in [0.3, 0.4) is 0 Å². The fourth-order valence-corrected chi connectivity index (χ4v) is 1.41. The molecule has 1 rings (SSSR count). The van der Waals surface area contributed by atoms with Gasteiger partial charge in [-0.15, -0.1) is 0 Å². The molecule has 2 amide bonds. The molecule has 0 unspecified atom stereocenters. The van der Waals surface area contributed by atoms with Crippen molar-refractivity contribution in [2.75, 3.05) is 25.6 Å². The molecule has 110 valence electrons. The van der Waals surface area contributed by atoms with Crippen LogP contribution in [0.25, 0.3) is 0 Å². The van der Waals surface area contributed by atoms with E-state index >= 15 is 0 Å². The van der Waals surface area contributed by atoms with Crippen LogP contribution < -0.4 is 15.4 Å². The van der Waals surface area contributed by atoms with Crippen molar-refractivity contribution in [2.24, 2.45) is 0 Å². The minimum Gasteiger partial charge on any atom is -0.484 e. The maximum Gasteiger partial charge on any atom is 0.411 e. The Balaban J connectivity index is 2.34. The highest BCUT2D eigenvalue weighted by Crippen LogP contribution is 2.15. The monoisotopic (exact) mass is 280 g/mol. The highest BCUT2D eigenvalue weighted by atomic mass is 16.5. The van der Waals surface area contributed by atoms with Crippen molar-refractivity contribution in [2.45, 2.75) is 19.8 Å². The van der Waals surface area contributed by atoms with Crippen LogP contribution in [0.5, 0.6) is 5.75 Å². The predicted molar refractivity (Wildman–Crippen MR) is 75.9 cm³/mol. The molecule has 1 aromatic carbocycles. The number of rotatable bonds is 7. The molecule has 6 heteroatoms. The Morgan fingerprint density at radius 1 is 1.20 bits per heavy atom. The lowest BCUT2D eigenvalue weighted by Gasteiger charge is -2.08. The minimum absolute atomic E-state index is 0.0203. The van der Waals surface area contributed by atoms with E-state index in [0.29, 0.717) is 18.0 Å². The summed E-state index contributed by atoms with van der Waals surface area (Å²) >= 11 is 0. The SMILES string of the molecule is CCCCNC(=O)COc1ccc(NC(=O)OC)cc1. The Kier molecular flexibility index (Phi) is 6.95. The predicted octanol–water partition coefficient (Wildman–Crippen LogP) is 2.16. The van der Waals surface area contributed by atoms with Gasteiger partial charge in [-0.2, -0.15) is 0 Å². The zero-order valence-corrected chi connectivity index (χ0v) is 11.8. The number of ether oxygens (including phenoxy) is 2. The molecule has 0 fully saturated rings. The van der Waals surface area contributed by atoms with Crippen LogP contribution in [0.1, 0.15) is 19.8 Å². The molecular weight excluding hydrogens is 260 g/mol. The van der Waals surface area contributed by atoms with Crippen molar-refractivity contribution in [1.29, 1.82) is 0 Å². The second kappa shape index (κ2) is 8.79. The summed E-state index contributed by atoms with van der Waals surface area (Å²) in [6.45, 7) is 2.71. The number of methoxy groups -OCH3 is 1. The number of amides is 2. The third-order valence-corrected chi connectivity index (χ3v) is 2.51. The maximum absolute atomic E-state index is 11.4. The van der Waals surface area contributed by atoms with Crippen molar-refractivity contribution in [3.63, 3.8) is 0 Å². The van der Waals surface area contributed by atoms with Crippen molar-refractivity contribution in [3.05, 3.63) is 24.3 Å². The van der Waals surface area contributed by atoms with Crippen LogP contribution in [-0.2, 0) is 9.53 Å². The number of hydrogen-bond acceptors (Lipinski definition) is 4. The lowest BCUT2D eigenvalue weighted by molar-refractivity contribution is -0.123. The molecule has 6 nitrogen and oxygen atoms in total. The molecule has 0 atom stereocenters. The van der Waals surface area contributed by atoms with E-state index < -0.39 is 6.09 Å². The molecule has 0 spiro atoms. The van der Waals surface area contributed by atoms with Gasteiger partial charge in [0, 0.05) is 12.2 Å². The van der Waals surface area contributed by atoms with Gasteiger partial charge in [-0.1, -0.05) is 13.3 Å². The summed E-state index contributed by atoms with van der Waals surface area (Å²) in [7, 11) is 1.30. The van der Waals surface area contributed by atoms with Crippen LogP contribution >= 0.6 is 0 Å². The number of anilines is 1. The standard InChI is InChI=1S/C14H20N2O4/c1-3-4-9-15-13(17)10-20-12-7-5-11(6-8-12)16-14(18)19-2/h5-8H,3-4,9-10H2,1-2H3,(H,15,17)(H,16,18). The summed E-state index contributed by atoms with van der Waals surface area (Å²) < 4.78 is 9.80. The molecule has 20 heavy (non-hydrogen) atoms. The maximum atomic E-state index is 11.4. The molecule has 0 radical (unpaired) electrons. The van der Waals surface area contributed by atoms with E-state index in [1.807, 2.05) is 0 Å². The van der Waals surface area contributed by atoms with E-state index in [2.05, 4.69) is 22.3 Å². The fraction of sp³-hybridized carbons (Fsp3) is 0.429. The highest BCUT2D eigenvalue weighted by Gasteiger charge is 2.03. The second-order valence-electron chi connectivity index (χ2n) is 4.13. The summed E-state index contributed by atoms with van der Waals surface area (Å²) in [5, 5.41) is 5.28. The van der Waals surface area contributed by atoms with Crippen molar-refractivity contribution in [3.8, 4) is 5.75 Å². The summed E-state index contributed by atoms with van der Waals surface area (Å²) in [6.07, 6.45) is 1.46. The smallest absolute Gasteiger partial charge is 0.411 e. The number of hydrogen-bond donors (Lipinski definition) is 2.